The van der Waals surface area contributed by atoms with Crippen LogP contribution in [0, 0.1) is 5.92 Å². The molecule has 0 heterocycles. The Morgan fingerprint density at radius 2 is 2.22 bits per heavy atom. The van der Waals surface area contributed by atoms with E-state index >= 15 is 0 Å². The molecule has 3 nitrogen and oxygen atoms in total. The van der Waals surface area contributed by atoms with Crippen molar-refractivity contribution in [3.05, 3.63) is 0 Å². The Hall–Kier alpha value is -0.710. The number of hydrogen-bond acceptors (Lipinski definition) is 2. The van der Waals surface area contributed by atoms with Crippen molar-refractivity contribution < 1.29 is 18.7 Å². The zero-order valence-electron chi connectivity index (χ0n) is 11.2. The molecule has 0 amide bonds. The van der Waals surface area contributed by atoms with Crippen molar-refractivity contribution >= 4 is 5.97 Å². The van der Waals surface area contributed by atoms with Crippen LogP contribution in [-0.4, -0.2) is 41.0 Å². The largest absolute Gasteiger partial charge is 0.481 e. The number of hydrogen-bond donors (Lipinski definition) is 1. The molecule has 1 fully saturated rings. The molecular weight excluding hydrogens is 240 g/mol. The van der Waals surface area contributed by atoms with E-state index in [1.165, 1.54) is 0 Å². The number of rotatable bonds is 6. The first-order valence-corrected chi connectivity index (χ1v) is 6.67. The van der Waals surface area contributed by atoms with Crippen LogP contribution in [0.2, 0.25) is 0 Å². The summed E-state index contributed by atoms with van der Waals surface area (Å²) in [5, 5.41) is 8.77. The van der Waals surface area contributed by atoms with Crippen LogP contribution in [0.1, 0.15) is 46.0 Å². The highest BCUT2D eigenvalue weighted by atomic mass is 19.3. The second-order valence-corrected chi connectivity index (χ2v) is 5.35. The third-order valence-corrected chi connectivity index (χ3v) is 3.73. The Kier molecular flexibility index (Phi) is 5.50. The van der Waals surface area contributed by atoms with Gasteiger partial charge in [-0.25, -0.2) is 8.78 Å². The van der Waals surface area contributed by atoms with E-state index in [1.807, 2.05) is 18.7 Å². The summed E-state index contributed by atoms with van der Waals surface area (Å²) < 4.78 is 26.6. The fourth-order valence-electron chi connectivity index (χ4n) is 2.77. The van der Waals surface area contributed by atoms with Crippen LogP contribution in [0.4, 0.5) is 8.78 Å². The number of nitrogens with zero attached hydrogens (tertiary/aromatic N) is 1. The van der Waals surface area contributed by atoms with Gasteiger partial charge in [0, 0.05) is 25.4 Å². The molecule has 1 N–H and O–H groups in total. The second kappa shape index (κ2) is 6.45. The Morgan fingerprint density at radius 1 is 1.56 bits per heavy atom. The van der Waals surface area contributed by atoms with Gasteiger partial charge in [-0.3, -0.25) is 4.79 Å². The van der Waals surface area contributed by atoms with Gasteiger partial charge in [-0.05, 0) is 32.2 Å². The van der Waals surface area contributed by atoms with Crippen LogP contribution in [0.15, 0.2) is 0 Å². The third kappa shape index (κ3) is 4.88. The molecule has 106 valence electrons. The molecule has 2 atom stereocenters. The molecule has 1 aliphatic rings. The van der Waals surface area contributed by atoms with Crippen LogP contribution < -0.4 is 0 Å². The molecule has 2 unspecified atom stereocenters. The molecule has 0 spiro atoms. The first-order valence-electron chi connectivity index (χ1n) is 6.67. The highest BCUT2D eigenvalue weighted by Gasteiger charge is 2.37. The normalized spacial score (nSPS) is 25.1. The number of carbonyl (C=O) groups is 1. The lowest BCUT2D eigenvalue weighted by Gasteiger charge is -2.35. The number of halogens is 2. The van der Waals surface area contributed by atoms with Gasteiger partial charge in [-0.15, -0.1) is 0 Å². The predicted molar refractivity (Wildman–Crippen MR) is 65.9 cm³/mol. The Balaban J connectivity index is 2.49. The first-order chi connectivity index (χ1) is 8.34. The summed E-state index contributed by atoms with van der Waals surface area (Å²) in [6.45, 7) is 5.08. The summed E-state index contributed by atoms with van der Waals surface area (Å²) in [5.41, 5.74) is 0. The molecule has 0 saturated heterocycles. The van der Waals surface area contributed by atoms with Gasteiger partial charge in [-0.2, -0.15) is 0 Å². The molecule has 1 saturated carbocycles. The van der Waals surface area contributed by atoms with Gasteiger partial charge < -0.3 is 10.0 Å². The van der Waals surface area contributed by atoms with Gasteiger partial charge in [0.25, 0.3) is 0 Å². The molecule has 0 radical (unpaired) electrons. The molecule has 0 bridgehead atoms. The summed E-state index contributed by atoms with van der Waals surface area (Å²) in [6.07, 6.45) is 1.41. The SMILES string of the molecule is CCN(CC1CCCC(F)(F)C1)C(C)CC(=O)O. The molecule has 0 aliphatic heterocycles. The van der Waals surface area contributed by atoms with Crippen molar-refractivity contribution in [2.45, 2.75) is 57.9 Å². The lowest BCUT2D eigenvalue weighted by Crippen LogP contribution is -2.40. The minimum absolute atomic E-state index is 0.000302. The van der Waals surface area contributed by atoms with Gasteiger partial charge in [-0.1, -0.05) is 6.92 Å². The summed E-state index contributed by atoms with van der Waals surface area (Å²) >= 11 is 0. The second-order valence-electron chi connectivity index (χ2n) is 5.35. The summed E-state index contributed by atoms with van der Waals surface area (Å²) in [4.78, 5) is 12.7. The van der Waals surface area contributed by atoms with Crippen molar-refractivity contribution in [3.8, 4) is 0 Å². The summed E-state index contributed by atoms with van der Waals surface area (Å²) in [7, 11) is 0. The van der Waals surface area contributed by atoms with Crippen LogP contribution in [-0.2, 0) is 4.79 Å². The van der Waals surface area contributed by atoms with E-state index in [-0.39, 0.29) is 31.2 Å². The van der Waals surface area contributed by atoms with Gasteiger partial charge in [0.1, 0.15) is 0 Å². The molecular formula is C13H23F2NO2. The number of aliphatic carboxylic acids is 1. The van der Waals surface area contributed by atoms with E-state index in [1.54, 1.807) is 0 Å². The molecule has 0 aromatic carbocycles. The van der Waals surface area contributed by atoms with Gasteiger partial charge in [0.15, 0.2) is 0 Å². The summed E-state index contributed by atoms with van der Waals surface area (Å²) in [6, 6.07) is -0.0944. The number of carboxylic acid groups (broad SMARTS) is 1. The number of carboxylic acids is 1. The fraction of sp³-hybridized carbons (Fsp3) is 0.923. The topological polar surface area (TPSA) is 40.5 Å². The zero-order chi connectivity index (χ0) is 13.8. The molecule has 18 heavy (non-hydrogen) atoms. The maximum Gasteiger partial charge on any atom is 0.304 e. The minimum atomic E-state index is -2.53. The Morgan fingerprint density at radius 3 is 2.72 bits per heavy atom. The quantitative estimate of drug-likeness (QED) is 0.801. The lowest BCUT2D eigenvalue weighted by atomic mass is 9.86. The highest BCUT2D eigenvalue weighted by molar-refractivity contribution is 5.67. The molecule has 0 aromatic heterocycles. The van der Waals surface area contributed by atoms with E-state index in [4.69, 9.17) is 5.11 Å². The van der Waals surface area contributed by atoms with Crippen molar-refractivity contribution in [3.63, 3.8) is 0 Å². The van der Waals surface area contributed by atoms with E-state index < -0.39 is 11.9 Å². The van der Waals surface area contributed by atoms with Gasteiger partial charge >= 0.3 is 5.97 Å². The summed E-state index contributed by atoms with van der Waals surface area (Å²) in [5.74, 6) is -3.38. The van der Waals surface area contributed by atoms with Crippen molar-refractivity contribution in [2.75, 3.05) is 13.1 Å². The minimum Gasteiger partial charge on any atom is -0.481 e. The van der Waals surface area contributed by atoms with Crippen LogP contribution in [0.5, 0.6) is 0 Å². The number of alkyl halides is 2. The van der Waals surface area contributed by atoms with E-state index in [0.717, 1.165) is 6.42 Å². The zero-order valence-corrected chi connectivity index (χ0v) is 11.2. The average Bonchev–Trinajstić information content (AvgIpc) is 2.23. The van der Waals surface area contributed by atoms with Crippen LogP contribution in [0.25, 0.3) is 0 Å². The van der Waals surface area contributed by atoms with Crippen LogP contribution >= 0.6 is 0 Å². The van der Waals surface area contributed by atoms with Gasteiger partial charge in [0.2, 0.25) is 5.92 Å². The fourth-order valence-corrected chi connectivity index (χ4v) is 2.77. The van der Waals surface area contributed by atoms with Gasteiger partial charge in [0.05, 0.1) is 6.42 Å². The van der Waals surface area contributed by atoms with E-state index in [2.05, 4.69) is 0 Å². The van der Waals surface area contributed by atoms with E-state index in [9.17, 15) is 13.6 Å². The van der Waals surface area contributed by atoms with Crippen LogP contribution in [0.3, 0.4) is 0 Å². The standard InChI is InChI=1S/C13H23F2NO2/c1-3-16(10(2)7-12(17)18)9-11-5-4-6-13(14,15)8-11/h10-11H,3-9H2,1-2H3,(H,17,18). The maximum absolute atomic E-state index is 13.3. The van der Waals surface area contributed by atoms with Crippen molar-refractivity contribution in [1.82, 2.24) is 4.90 Å². The monoisotopic (exact) mass is 263 g/mol. The smallest absolute Gasteiger partial charge is 0.304 e. The highest BCUT2D eigenvalue weighted by Crippen LogP contribution is 2.37. The third-order valence-electron chi connectivity index (χ3n) is 3.73. The molecule has 0 aromatic rings. The Bertz CT molecular complexity index is 284. The average molecular weight is 263 g/mol. The lowest BCUT2D eigenvalue weighted by molar-refractivity contribution is -0.138. The first kappa shape index (κ1) is 15.3. The van der Waals surface area contributed by atoms with Crippen molar-refractivity contribution in [2.24, 2.45) is 5.92 Å². The van der Waals surface area contributed by atoms with E-state index in [0.29, 0.717) is 19.5 Å². The molecule has 1 aliphatic carbocycles. The van der Waals surface area contributed by atoms with Crippen molar-refractivity contribution in [1.29, 1.82) is 0 Å². The Labute approximate surface area is 107 Å². The molecule has 1 rings (SSSR count). The predicted octanol–water partition coefficient (Wildman–Crippen LogP) is 3.00. The molecule has 5 heteroatoms. The maximum atomic E-state index is 13.3.